The smallest absolute Gasteiger partial charge is 0.247 e. The zero-order valence-electron chi connectivity index (χ0n) is 11.9. The van der Waals surface area contributed by atoms with Crippen molar-refractivity contribution < 1.29 is 4.79 Å². The molecular weight excluding hydrogens is 290 g/mol. The zero-order valence-corrected chi connectivity index (χ0v) is 12.7. The first-order valence-corrected chi connectivity index (χ1v) is 6.59. The SMILES string of the molecule is CC(C(=O)N(CCN)Cc1ccccc1)n1cncn1.Cl. The summed E-state index contributed by atoms with van der Waals surface area (Å²) in [7, 11) is 0. The first-order valence-electron chi connectivity index (χ1n) is 6.59. The lowest BCUT2D eigenvalue weighted by Gasteiger charge is -2.25. The number of hydrogen-bond donors (Lipinski definition) is 1. The van der Waals surface area contributed by atoms with Gasteiger partial charge in [0.05, 0.1) is 0 Å². The van der Waals surface area contributed by atoms with Crippen molar-refractivity contribution in [3.05, 3.63) is 48.5 Å². The molecule has 1 aromatic heterocycles. The summed E-state index contributed by atoms with van der Waals surface area (Å²) in [6.45, 7) is 3.32. The minimum atomic E-state index is -0.382. The fraction of sp³-hybridized carbons (Fsp3) is 0.357. The number of benzene rings is 1. The summed E-state index contributed by atoms with van der Waals surface area (Å²) in [4.78, 5) is 18.1. The highest BCUT2D eigenvalue weighted by atomic mass is 35.5. The van der Waals surface area contributed by atoms with Gasteiger partial charge in [-0.15, -0.1) is 12.4 Å². The van der Waals surface area contributed by atoms with Crippen molar-refractivity contribution in [3.8, 4) is 0 Å². The fourth-order valence-corrected chi connectivity index (χ4v) is 2.02. The van der Waals surface area contributed by atoms with Crippen molar-refractivity contribution in [2.24, 2.45) is 5.73 Å². The molecule has 1 heterocycles. The first kappa shape index (κ1) is 17.1. The maximum atomic E-state index is 12.5. The highest BCUT2D eigenvalue weighted by molar-refractivity contribution is 5.85. The Morgan fingerprint density at radius 2 is 2.10 bits per heavy atom. The van der Waals surface area contributed by atoms with E-state index in [0.717, 1.165) is 5.56 Å². The molecule has 6 nitrogen and oxygen atoms in total. The number of carbonyl (C=O) groups excluding carboxylic acids is 1. The number of rotatable bonds is 6. The highest BCUT2D eigenvalue weighted by Crippen LogP contribution is 2.11. The molecule has 0 spiro atoms. The normalized spacial score (nSPS) is 11.5. The molecule has 0 fully saturated rings. The van der Waals surface area contributed by atoms with Gasteiger partial charge in [0.25, 0.3) is 0 Å². The molecule has 0 radical (unpaired) electrons. The average molecular weight is 310 g/mol. The van der Waals surface area contributed by atoms with Crippen molar-refractivity contribution in [2.75, 3.05) is 13.1 Å². The summed E-state index contributed by atoms with van der Waals surface area (Å²) in [5, 5.41) is 4.01. The molecule has 0 aliphatic heterocycles. The van der Waals surface area contributed by atoms with Gasteiger partial charge in [0.2, 0.25) is 5.91 Å². The number of nitrogens with two attached hydrogens (primary N) is 1. The standard InChI is InChI=1S/C14H19N5O.ClH/c1-12(19-11-16-10-17-19)14(20)18(8-7-15)9-13-5-3-2-4-6-13;/h2-6,10-12H,7-9,15H2,1H3;1H. The summed E-state index contributed by atoms with van der Waals surface area (Å²) in [6, 6.07) is 9.49. The van der Waals surface area contributed by atoms with E-state index in [1.54, 1.807) is 15.9 Å². The molecule has 0 saturated heterocycles. The second-order valence-corrected chi connectivity index (χ2v) is 4.59. The van der Waals surface area contributed by atoms with Crippen LogP contribution >= 0.6 is 12.4 Å². The van der Waals surface area contributed by atoms with Crippen molar-refractivity contribution in [3.63, 3.8) is 0 Å². The van der Waals surface area contributed by atoms with Gasteiger partial charge in [-0.3, -0.25) is 4.79 Å². The molecule has 0 saturated carbocycles. The van der Waals surface area contributed by atoms with Crippen LogP contribution in [0.25, 0.3) is 0 Å². The maximum Gasteiger partial charge on any atom is 0.247 e. The number of aromatic nitrogens is 3. The first-order chi connectivity index (χ1) is 9.72. The van der Waals surface area contributed by atoms with Gasteiger partial charge in [-0.1, -0.05) is 30.3 Å². The third kappa shape index (κ3) is 4.54. The van der Waals surface area contributed by atoms with Crippen LogP contribution in [0.15, 0.2) is 43.0 Å². The van der Waals surface area contributed by atoms with Gasteiger partial charge in [0.1, 0.15) is 18.7 Å². The number of carbonyl (C=O) groups is 1. The Bertz CT molecular complexity index is 532. The Hall–Kier alpha value is -1.92. The van der Waals surface area contributed by atoms with Gasteiger partial charge in [-0.25, -0.2) is 9.67 Å². The Kier molecular flexibility index (Phi) is 6.84. The van der Waals surface area contributed by atoms with Crippen LogP contribution in [0.2, 0.25) is 0 Å². The maximum absolute atomic E-state index is 12.5. The Morgan fingerprint density at radius 3 is 2.67 bits per heavy atom. The van der Waals surface area contributed by atoms with Crippen LogP contribution in [0.5, 0.6) is 0 Å². The number of hydrogen-bond acceptors (Lipinski definition) is 4. The second-order valence-electron chi connectivity index (χ2n) is 4.59. The summed E-state index contributed by atoms with van der Waals surface area (Å²) in [6.07, 6.45) is 2.97. The predicted octanol–water partition coefficient (Wildman–Crippen LogP) is 1.25. The molecule has 21 heavy (non-hydrogen) atoms. The van der Waals surface area contributed by atoms with E-state index in [1.165, 1.54) is 6.33 Å². The largest absolute Gasteiger partial charge is 0.335 e. The fourth-order valence-electron chi connectivity index (χ4n) is 2.02. The predicted molar refractivity (Wildman–Crippen MR) is 82.9 cm³/mol. The van der Waals surface area contributed by atoms with Crippen LogP contribution in [0.4, 0.5) is 0 Å². The molecule has 1 atom stereocenters. The molecule has 0 aliphatic rings. The summed E-state index contributed by atoms with van der Waals surface area (Å²) in [5.41, 5.74) is 6.69. The van der Waals surface area contributed by atoms with Gasteiger partial charge >= 0.3 is 0 Å². The third-order valence-electron chi connectivity index (χ3n) is 3.12. The van der Waals surface area contributed by atoms with Gasteiger partial charge in [0.15, 0.2) is 0 Å². The van der Waals surface area contributed by atoms with Crippen LogP contribution in [-0.4, -0.2) is 38.7 Å². The lowest BCUT2D eigenvalue weighted by Crippen LogP contribution is -2.39. The molecule has 2 rings (SSSR count). The molecular formula is C14H20ClN5O. The Morgan fingerprint density at radius 1 is 1.38 bits per heavy atom. The molecule has 7 heteroatoms. The van der Waals surface area contributed by atoms with Gasteiger partial charge in [0, 0.05) is 19.6 Å². The molecule has 114 valence electrons. The minimum absolute atomic E-state index is 0. The van der Waals surface area contributed by atoms with Crippen LogP contribution < -0.4 is 5.73 Å². The molecule has 1 unspecified atom stereocenters. The number of nitrogens with zero attached hydrogens (tertiary/aromatic N) is 4. The third-order valence-corrected chi connectivity index (χ3v) is 3.12. The topological polar surface area (TPSA) is 77.0 Å². The van der Waals surface area contributed by atoms with E-state index in [4.69, 9.17) is 5.73 Å². The van der Waals surface area contributed by atoms with Crippen LogP contribution in [0.1, 0.15) is 18.5 Å². The van der Waals surface area contributed by atoms with Crippen LogP contribution in [0.3, 0.4) is 0 Å². The minimum Gasteiger partial charge on any atom is -0.335 e. The summed E-state index contributed by atoms with van der Waals surface area (Å²) in [5.74, 6) is -0.00944. The van der Waals surface area contributed by atoms with E-state index in [0.29, 0.717) is 19.6 Å². The highest BCUT2D eigenvalue weighted by Gasteiger charge is 2.22. The average Bonchev–Trinajstić information content (AvgIpc) is 3.00. The molecule has 2 aromatic rings. The van der Waals surface area contributed by atoms with Crippen LogP contribution in [0, 0.1) is 0 Å². The van der Waals surface area contributed by atoms with E-state index in [-0.39, 0.29) is 24.4 Å². The molecule has 0 aliphatic carbocycles. The summed E-state index contributed by atoms with van der Waals surface area (Å²) < 4.78 is 1.55. The quantitative estimate of drug-likeness (QED) is 0.871. The summed E-state index contributed by atoms with van der Waals surface area (Å²) >= 11 is 0. The van der Waals surface area contributed by atoms with Crippen molar-refractivity contribution >= 4 is 18.3 Å². The second kappa shape index (κ2) is 8.39. The van der Waals surface area contributed by atoms with Gasteiger partial charge in [-0.2, -0.15) is 5.10 Å². The van der Waals surface area contributed by atoms with Crippen molar-refractivity contribution in [1.29, 1.82) is 0 Å². The van der Waals surface area contributed by atoms with E-state index >= 15 is 0 Å². The van der Waals surface area contributed by atoms with Gasteiger partial charge in [-0.05, 0) is 12.5 Å². The number of amides is 1. The van der Waals surface area contributed by atoms with Crippen molar-refractivity contribution in [2.45, 2.75) is 19.5 Å². The van der Waals surface area contributed by atoms with Crippen LogP contribution in [-0.2, 0) is 11.3 Å². The van der Waals surface area contributed by atoms with Gasteiger partial charge < -0.3 is 10.6 Å². The van der Waals surface area contributed by atoms with E-state index in [2.05, 4.69) is 10.1 Å². The molecule has 0 bridgehead atoms. The Labute approximate surface area is 130 Å². The molecule has 2 N–H and O–H groups in total. The number of halogens is 1. The zero-order chi connectivity index (χ0) is 14.4. The lowest BCUT2D eigenvalue weighted by atomic mass is 10.2. The van der Waals surface area contributed by atoms with Crippen molar-refractivity contribution in [1.82, 2.24) is 19.7 Å². The monoisotopic (exact) mass is 309 g/mol. The molecule has 1 amide bonds. The van der Waals surface area contributed by atoms with E-state index in [1.807, 2.05) is 37.3 Å². The van der Waals surface area contributed by atoms with E-state index in [9.17, 15) is 4.79 Å². The molecule has 1 aromatic carbocycles. The Balaban J connectivity index is 0.00000220. The van der Waals surface area contributed by atoms with E-state index < -0.39 is 0 Å². The lowest BCUT2D eigenvalue weighted by molar-refractivity contribution is -0.135.